The van der Waals surface area contributed by atoms with Crippen molar-refractivity contribution >= 4 is 6.21 Å². The standard InChI is InChI=1S/C16H17NO/c1-13(15-6-4-3-5-7-15)17-12-14-8-10-16(18-2)11-9-14/h3-13H,1-2H3. The third kappa shape index (κ3) is 3.20. The van der Waals surface area contributed by atoms with E-state index in [0.717, 1.165) is 11.3 Å². The van der Waals surface area contributed by atoms with Crippen molar-refractivity contribution in [2.75, 3.05) is 7.11 Å². The fraction of sp³-hybridized carbons (Fsp3) is 0.188. The lowest BCUT2D eigenvalue weighted by Crippen LogP contribution is -1.91. The van der Waals surface area contributed by atoms with Crippen LogP contribution in [0.4, 0.5) is 0 Å². The van der Waals surface area contributed by atoms with E-state index in [1.807, 2.05) is 48.7 Å². The quantitative estimate of drug-likeness (QED) is 0.742. The molecule has 0 amide bonds. The summed E-state index contributed by atoms with van der Waals surface area (Å²) in [5.74, 6) is 0.864. The van der Waals surface area contributed by atoms with Gasteiger partial charge in [-0.15, -0.1) is 0 Å². The first kappa shape index (κ1) is 12.4. The van der Waals surface area contributed by atoms with Gasteiger partial charge in [0.25, 0.3) is 0 Å². The summed E-state index contributed by atoms with van der Waals surface area (Å²) in [5, 5.41) is 0. The van der Waals surface area contributed by atoms with Crippen LogP contribution in [0, 0.1) is 0 Å². The van der Waals surface area contributed by atoms with Gasteiger partial charge in [-0.2, -0.15) is 0 Å². The van der Waals surface area contributed by atoms with E-state index in [4.69, 9.17) is 4.74 Å². The van der Waals surface area contributed by atoms with Crippen molar-refractivity contribution in [2.24, 2.45) is 4.99 Å². The smallest absolute Gasteiger partial charge is 0.118 e. The van der Waals surface area contributed by atoms with Crippen LogP contribution in [0.3, 0.4) is 0 Å². The van der Waals surface area contributed by atoms with Crippen LogP contribution in [0.5, 0.6) is 5.75 Å². The molecule has 2 aromatic rings. The molecule has 2 heteroatoms. The van der Waals surface area contributed by atoms with E-state index in [1.165, 1.54) is 5.56 Å². The fourth-order valence-electron chi connectivity index (χ4n) is 1.71. The molecule has 18 heavy (non-hydrogen) atoms. The number of ether oxygens (including phenoxy) is 1. The van der Waals surface area contributed by atoms with Crippen LogP contribution >= 0.6 is 0 Å². The number of benzene rings is 2. The van der Waals surface area contributed by atoms with Crippen LogP contribution in [-0.2, 0) is 0 Å². The minimum absolute atomic E-state index is 0.174. The van der Waals surface area contributed by atoms with E-state index in [9.17, 15) is 0 Å². The number of aliphatic imine (C=N–C) groups is 1. The second-order valence-corrected chi connectivity index (χ2v) is 4.14. The molecule has 0 aliphatic carbocycles. The molecule has 0 aliphatic rings. The molecule has 0 saturated carbocycles. The predicted molar refractivity (Wildman–Crippen MR) is 75.4 cm³/mol. The van der Waals surface area contributed by atoms with Gasteiger partial charge >= 0.3 is 0 Å². The van der Waals surface area contributed by atoms with Crippen LogP contribution in [0.15, 0.2) is 59.6 Å². The van der Waals surface area contributed by atoms with Crippen LogP contribution in [0.1, 0.15) is 24.1 Å². The minimum Gasteiger partial charge on any atom is -0.497 e. The largest absolute Gasteiger partial charge is 0.497 e. The normalized spacial score (nSPS) is 12.6. The van der Waals surface area contributed by atoms with Gasteiger partial charge < -0.3 is 4.74 Å². The first-order chi connectivity index (χ1) is 8.79. The van der Waals surface area contributed by atoms with Crippen LogP contribution in [0.2, 0.25) is 0 Å². The van der Waals surface area contributed by atoms with Crippen molar-refractivity contribution in [3.63, 3.8) is 0 Å². The Hall–Kier alpha value is -2.09. The van der Waals surface area contributed by atoms with Gasteiger partial charge in [0, 0.05) is 6.21 Å². The van der Waals surface area contributed by atoms with E-state index in [-0.39, 0.29) is 6.04 Å². The number of rotatable bonds is 4. The van der Waals surface area contributed by atoms with Crippen molar-refractivity contribution in [3.05, 3.63) is 65.7 Å². The third-order valence-electron chi connectivity index (χ3n) is 2.84. The van der Waals surface area contributed by atoms with Gasteiger partial charge in [-0.1, -0.05) is 30.3 Å². The van der Waals surface area contributed by atoms with Crippen LogP contribution in [0.25, 0.3) is 0 Å². The molecule has 0 aliphatic heterocycles. The highest BCUT2D eigenvalue weighted by atomic mass is 16.5. The third-order valence-corrected chi connectivity index (χ3v) is 2.84. The Balaban J connectivity index is 2.06. The SMILES string of the molecule is COc1ccc(C=NC(C)c2ccccc2)cc1. The lowest BCUT2D eigenvalue weighted by atomic mass is 10.1. The molecule has 0 heterocycles. The number of nitrogens with zero attached hydrogens (tertiary/aromatic N) is 1. The summed E-state index contributed by atoms with van der Waals surface area (Å²) >= 11 is 0. The Bertz CT molecular complexity index is 502. The number of hydrogen-bond acceptors (Lipinski definition) is 2. The minimum atomic E-state index is 0.174. The molecule has 0 saturated heterocycles. The van der Waals surface area contributed by atoms with E-state index in [0.29, 0.717) is 0 Å². The van der Waals surface area contributed by atoms with Crippen LogP contribution in [-0.4, -0.2) is 13.3 Å². The van der Waals surface area contributed by atoms with Gasteiger partial charge in [-0.3, -0.25) is 4.99 Å². The summed E-state index contributed by atoms with van der Waals surface area (Å²) in [6, 6.07) is 18.3. The molecular weight excluding hydrogens is 222 g/mol. The maximum atomic E-state index is 5.12. The predicted octanol–water partition coefficient (Wildman–Crippen LogP) is 3.88. The molecule has 0 spiro atoms. The molecule has 0 aromatic heterocycles. The topological polar surface area (TPSA) is 21.6 Å². The maximum Gasteiger partial charge on any atom is 0.118 e. The second kappa shape index (κ2) is 6.01. The Morgan fingerprint density at radius 1 is 1.00 bits per heavy atom. The van der Waals surface area contributed by atoms with E-state index in [2.05, 4.69) is 24.0 Å². The van der Waals surface area contributed by atoms with Gasteiger partial charge in [0.05, 0.1) is 13.2 Å². The van der Waals surface area contributed by atoms with Crippen molar-refractivity contribution in [1.82, 2.24) is 0 Å². The van der Waals surface area contributed by atoms with Crippen molar-refractivity contribution in [1.29, 1.82) is 0 Å². The molecule has 0 fully saturated rings. The highest BCUT2D eigenvalue weighted by molar-refractivity contribution is 5.79. The van der Waals surface area contributed by atoms with Gasteiger partial charge in [-0.25, -0.2) is 0 Å². The Morgan fingerprint density at radius 3 is 2.28 bits per heavy atom. The van der Waals surface area contributed by atoms with E-state index < -0.39 is 0 Å². The van der Waals surface area contributed by atoms with Crippen molar-refractivity contribution in [2.45, 2.75) is 13.0 Å². The number of methoxy groups -OCH3 is 1. The molecule has 2 nitrogen and oxygen atoms in total. The second-order valence-electron chi connectivity index (χ2n) is 4.14. The molecule has 0 radical (unpaired) electrons. The van der Waals surface area contributed by atoms with E-state index >= 15 is 0 Å². The van der Waals surface area contributed by atoms with Crippen LogP contribution < -0.4 is 4.74 Å². The highest BCUT2D eigenvalue weighted by Crippen LogP contribution is 2.16. The summed E-state index contributed by atoms with van der Waals surface area (Å²) in [6.45, 7) is 2.09. The van der Waals surface area contributed by atoms with Crippen molar-refractivity contribution < 1.29 is 4.74 Å². The monoisotopic (exact) mass is 239 g/mol. The Morgan fingerprint density at radius 2 is 1.67 bits per heavy atom. The van der Waals surface area contributed by atoms with Gasteiger partial charge in [0.15, 0.2) is 0 Å². The summed E-state index contributed by atoms with van der Waals surface area (Å²) in [7, 11) is 1.67. The summed E-state index contributed by atoms with van der Waals surface area (Å²) in [5.41, 5.74) is 2.31. The zero-order chi connectivity index (χ0) is 12.8. The molecule has 0 N–H and O–H groups in total. The zero-order valence-corrected chi connectivity index (χ0v) is 10.7. The summed E-state index contributed by atoms with van der Waals surface area (Å²) < 4.78 is 5.12. The fourth-order valence-corrected chi connectivity index (χ4v) is 1.71. The number of hydrogen-bond donors (Lipinski definition) is 0. The van der Waals surface area contributed by atoms with Gasteiger partial charge in [0.2, 0.25) is 0 Å². The molecule has 0 bridgehead atoms. The zero-order valence-electron chi connectivity index (χ0n) is 10.7. The molecule has 1 unspecified atom stereocenters. The van der Waals surface area contributed by atoms with Gasteiger partial charge in [-0.05, 0) is 42.3 Å². The Labute approximate surface area is 108 Å². The average Bonchev–Trinajstić information content (AvgIpc) is 2.46. The van der Waals surface area contributed by atoms with Gasteiger partial charge in [0.1, 0.15) is 5.75 Å². The Kier molecular flexibility index (Phi) is 4.13. The molecule has 92 valence electrons. The average molecular weight is 239 g/mol. The molecule has 2 rings (SSSR count). The summed E-state index contributed by atoms with van der Waals surface area (Å²) in [4.78, 5) is 4.55. The molecular formula is C16H17NO. The first-order valence-electron chi connectivity index (χ1n) is 6.02. The molecule has 2 aromatic carbocycles. The molecule has 1 atom stereocenters. The lowest BCUT2D eigenvalue weighted by Gasteiger charge is -2.05. The lowest BCUT2D eigenvalue weighted by molar-refractivity contribution is 0.415. The maximum absolute atomic E-state index is 5.12. The van der Waals surface area contributed by atoms with E-state index in [1.54, 1.807) is 7.11 Å². The first-order valence-corrected chi connectivity index (χ1v) is 6.02. The van der Waals surface area contributed by atoms with Crippen molar-refractivity contribution in [3.8, 4) is 5.75 Å². The summed E-state index contributed by atoms with van der Waals surface area (Å²) in [6.07, 6.45) is 1.90. The highest BCUT2D eigenvalue weighted by Gasteiger charge is 2.00.